The van der Waals surface area contributed by atoms with Gasteiger partial charge in [0.15, 0.2) is 0 Å². The van der Waals surface area contributed by atoms with E-state index in [1.54, 1.807) is 18.3 Å². The van der Waals surface area contributed by atoms with Crippen LogP contribution in [0.25, 0.3) is 0 Å². The summed E-state index contributed by atoms with van der Waals surface area (Å²) in [6.07, 6.45) is 1.11. The second-order valence-electron chi connectivity index (χ2n) is 2.41. The predicted octanol–water partition coefficient (Wildman–Crippen LogP) is 1.15. The van der Waals surface area contributed by atoms with Gasteiger partial charge in [0.05, 0.1) is 6.10 Å². The van der Waals surface area contributed by atoms with E-state index in [0.717, 1.165) is 0 Å². The average Bonchev–Trinajstić information content (AvgIpc) is 2.05. The fourth-order valence-electron chi connectivity index (χ4n) is 0.925. The maximum absolute atomic E-state index is 9.42. The molecule has 0 aliphatic heterocycles. The number of aliphatic hydroxyl groups is 2. The van der Waals surface area contributed by atoms with Gasteiger partial charge in [0.2, 0.25) is 0 Å². The summed E-state index contributed by atoms with van der Waals surface area (Å²) in [6, 6.07) is 3.39. The molecule has 66 valence electrons. The third-order valence-electron chi connectivity index (χ3n) is 1.55. The molecule has 2 N–H and O–H groups in total. The monoisotopic (exact) mass is 187 g/mol. The number of aliphatic hydroxyl groups excluding tert-OH is 2. The summed E-state index contributed by atoms with van der Waals surface area (Å²) in [7, 11) is 0. The van der Waals surface area contributed by atoms with Gasteiger partial charge in [-0.25, -0.2) is 4.98 Å². The number of nitrogens with zero attached hydrogens (tertiary/aromatic N) is 1. The number of hydrogen-bond donors (Lipinski definition) is 2. The quantitative estimate of drug-likeness (QED) is 0.698. The van der Waals surface area contributed by atoms with Crippen molar-refractivity contribution in [2.24, 2.45) is 0 Å². The Morgan fingerprint density at radius 1 is 1.58 bits per heavy atom. The lowest BCUT2D eigenvalue weighted by Gasteiger charge is -2.09. The van der Waals surface area contributed by atoms with E-state index < -0.39 is 6.10 Å². The Morgan fingerprint density at radius 2 is 2.33 bits per heavy atom. The third-order valence-corrected chi connectivity index (χ3v) is 1.87. The number of halogens is 1. The van der Waals surface area contributed by atoms with Crippen LogP contribution in [0, 0.1) is 0 Å². The molecule has 3 nitrogen and oxygen atoms in total. The maximum Gasteiger partial charge on any atom is 0.134 e. The number of pyridine rings is 1. The first kappa shape index (κ1) is 9.45. The zero-order valence-electron chi connectivity index (χ0n) is 6.44. The van der Waals surface area contributed by atoms with Gasteiger partial charge in [0, 0.05) is 24.8 Å². The zero-order chi connectivity index (χ0) is 8.97. The molecule has 0 fully saturated rings. The van der Waals surface area contributed by atoms with Gasteiger partial charge in [0.25, 0.3) is 0 Å². The van der Waals surface area contributed by atoms with Crippen molar-refractivity contribution in [3.8, 4) is 0 Å². The van der Waals surface area contributed by atoms with E-state index in [1.165, 1.54) is 0 Å². The predicted molar refractivity (Wildman–Crippen MR) is 45.9 cm³/mol. The molecule has 0 amide bonds. The normalized spacial score (nSPS) is 12.9. The molecule has 12 heavy (non-hydrogen) atoms. The summed E-state index contributed by atoms with van der Waals surface area (Å²) in [5, 5.41) is 18.3. The molecule has 1 aromatic heterocycles. The highest BCUT2D eigenvalue weighted by Crippen LogP contribution is 2.22. The van der Waals surface area contributed by atoms with Gasteiger partial charge in [-0.2, -0.15) is 0 Å². The molecule has 1 rings (SSSR count). The van der Waals surface area contributed by atoms with Crippen molar-refractivity contribution >= 4 is 11.6 Å². The minimum atomic E-state index is -0.726. The van der Waals surface area contributed by atoms with Gasteiger partial charge in [0.1, 0.15) is 5.15 Å². The molecule has 0 radical (unpaired) electrons. The van der Waals surface area contributed by atoms with Crippen LogP contribution in [0.5, 0.6) is 0 Å². The van der Waals surface area contributed by atoms with E-state index in [4.69, 9.17) is 16.7 Å². The van der Waals surface area contributed by atoms with E-state index in [-0.39, 0.29) is 13.0 Å². The SMILES string of the molecule is OCC[C@H](O)c1cccnc1Cl. The number of hydrogen-bond acceptors (Lipinski definition) is 3. The minimum absolute atomic E-state index is 0.0631. The topological polar surface area (TPSA) is 53.4 Å². The molecule has 0 aliphatic carbocycles. The summed E-state index contributed by atoms with van der Waals surface area (Å²) in [5.74, 6) is 0. The minimum Gasteiger partial charge on any atom is -0.396 e. The van der Waals surface area contributed by atoms with Crippen molar-refractivity contribution in [1.29, 1.82) is 0 Å². The van der Waals surface area contributed by atoms with Gasteiger partial charge in [-0.05, 0) is 6.07 Å². The average molecular weight is 188 g/mol. The fraction of sp³-hybridized carbons (Fsp3) is 0.375. The molecule has 0 bridgehead atoms. The van der Waals surface area contributed by atoms with Crippen LogP contribution in [0.1, 0.15) is 18.1 Å². The van der Waals surface area contributed by atoms with Crippen molar-refractivity contribution in [3.05, 3.63) is 29.0 Å². The lowest BCUT2D eigenvalue weighted by Crippen LogP contribution is -2.01. The fourth-order valence-corrected chi connectivity index (χ4v) is 1.17. The van der Waals surface area contributed by atoms with Gasteiger partial charge >= 0.3 is 0 Å². The third kappa shape index (κ3) is 2.17. The van der Waals surface area contributed by atoms with Crippen LogP contribution in [0.15, 0.2) is 18.3 Å². The molecular weight excluding hydrogens is 178 g/mol. The summed E-state index contributed by atoms with van der Waals surface area (Å²) in [5.41, 5.74) is 0.563. The Kier molecular flexibility index (Phi) is 3.47. The van der Waals surface area contributed by atoms with E-state index in [1.807, 2.05) is 0 Å². The van der Waals surface area contributed by atoms with Gasteiger partial charge in [-0.15, -0.1) is 0 Å². The molecule has 1 heterocycles. The van der Waals surface area contributed by atoms with E-state index in [2.05, 4.69) is 4.98 Å². The molecule has 0 aromatic carbocycles. The first-order valence-corrected chi connectivity index (χ1v) is 4.03. The van der Waals surface area contributed by atoms with Crippen LogP contribution >= 0.6 is 11.6 Å². The van der Waals surface area contributed by atoms with Crippen LogP contribution in [0.2, 0.25) is 5.15 Å². The molecule has 0 spiro atoms. The summed E-state index contributed by atoms with van der Waals surface area (Å²) < 4.78 is 0. The van der Waals surface area contributed by atoms with Crippen molar-refractivity contribution in [2.45, 2.75) is 12.5 Å². The summed E-state index contributed by atoms with van der Waals surface area (Å²) >= 11 is 5.70. The van der Waals surface area contributed by atoms with E-state index in [0.29, 0.717) is 10.7 Å². The molecule has 0 saturated heterocycles. The zero-order valence-corrected chi connectivity index (χ0v) is 7.20. The Morgan fingerprint density at radius 3 is 2.92 bits per heavy atom. The van der Waals surface area contributed by atoms with Crippen LogP contribution in [-0.2, 0) is 0 Å². The van der Waals surface area contributed by atoms with E-state index in [9.17, 15) is 5.11 Å². The Hall–Kier alpha value is -0.640. The molecule has 0 aliphatic rings. The van der Waals surface area contributed by atoms with Crippen molar-refractivity contribution in [3.63, 3.8) is 0 Å². The summed E-state index contributed by atoms with van der Waals surface area (Å²) in [4.78, 5) is 3.81. The van der Waals surface area contributed by atoms with Gasteiger partial charge in [-0.1, -0.05) is 17.7 Å². The molecule has 1 atom stereocenters. The first-order chi connectivity index (χ1) is 5.75. The summed E-state index contributed by atoms with van der Waals surface area (Å²) in [6.45, 7) is -0.0631. The largest absolute Gasteiger partial charge is 0.396 e. The van der Waals surface area contributed by atoms with Gasteiger partial charge in [-0.3, -0.25) is 0 Å². The van der Waals surface area contributed by atoms with Gasteiger partial charge < -0.3 is 10.2 Å². The van der Waals surface area contributed by atoms with Crippen LogP contribution in [0.4, 0.5) is 0 Å². The lowest BCUT2D eigenvalue weighted by atomic mass is 10.1. The second-order valence-corrected chi connectivity index (χ2v) is 2.77. The molecule has 4 heteroatoms. The first-order valence-electron chi connectivity index (χ1n) is 3.65. The number of rotatable bonds is 3. The van der Waals surface area contributed by atoms with Crippen molar-refractivity contribution in [1.82, 2.24) is 4.98 Å². The standard InChI is InChI=1S/C8H10ClNO2/c9-8-6(2-1-4-10-8)7(12)3-5-11/h1-2,4,7,11-12H,3,5H2/t7-/m0/s1. The highest BCUT2D eigenvalue weighted by atomic mass is 35.5. The van der Waals surface area contributed by atoms with Crippen molar-refractivity contribution < 1.29 is 10.2 Å². The molecular formula is C8H10ClNO2. The molecule has 0 saturated carbocycles. The highest BCUT2D eigenvalue weighted by Gasteiger charge is 2.10. The van der Waals surface area contributed by atoms with Crippen LogP contribution in [-0.4, -0.2) is 21.8 Å². The number of aromatic nitrogens is 1. The molecule has 1 aromatic rings. The van der Waals surface area contributed by atoms with E-state index >= 15 is 0 Å². The van der Waals surface area contributed by atoms with Crippen LogP contribution < -0.4 is 0 Å². The lowest BCUT2D eigenvalue weighted by molar-refractivity contribution is 0.134. The Bertz CT molecular complexity index is 255. The maximum atomic E-state index is 9.42. The van der Waals surface area contributed by atoms with Crippen molar-refractivity contribution in [2.75, 3.05) is 6.61 Å². The highest BCUT2D eigenvalue weighted by molar-refractivity contribution is 6.30. The Balaban J connectivity index is 2.79. The Labute approximate surface area is 75.6 Å². The second kappa shape index (κ2) is 4.40. The molecule has 0 unspecified atom stereocenters. The van der Waals surface area contributed by atoms with Crippen LogP contribution in [0.3, 0.4) is 0 Å². The smallest absolute Gasteiger partial charge is 0.134 e.